The Morgan fingerprint density at radius 2 is 2.05 bits per heavy atom. The van der Waals surface area contributed by atoms with Crippen molar-refractivity contribution in [2.45, 2.75) is 10.1 Å². The van der Waals surface area contributed by atoms with Gasteiger partial charge in [-0.2, -0.15) is 0 Å². The zero-order valence-electron chi connectivity index (χ0n) is 10.7. The SMILES string of the molecule is COc1ccc(Br)cc1C1Sc2ccccc2NC1=O. The predicted octanol–water partition coefficient (Wildman–Crippen LogP) is 4.24. The molecule has 1 atom stereocenters. The van der Waals surface area contributed by atoms with Gasteiger partial charge in [-0.25, -0.2) is 0 Å². The van der Waals surface area contributed by atoms with Crippen molar-refractivity contribution >= 4 is 39.3 Å². The number of benzene rings is 2. The number of thioether (sulfide) groups is 1. The average Bonchev–Trinajstić information content (AvgIpc) is 2.46. The maximum absolute atomic E-state index is 12.3. The molecule has 0 radical (unpaired) electrons. The molecule has 0 saturated carbocycles. The van der Waals surface area contributed by atoms with Gasteiger partial charge in [0, 0.05) is 14.9 Å². The molecule has 1 heterocycles. The number of hydrogen-bond donors (Lipinski definition) is 1. The lowest BCUT2D eigenvalue weighted by molar-refractivity contribution is -0.115. The highest BCUT2D eigenvalue weighted by Gasteiger charge is 2.30. The number of ether oxygens (including phenoxy) is 1. The average molecular weight is 350 g/mol. The molecule has 3 rings (SSSR count). The number of methoxy groups -OCH3 is 1. The molecule has 0 aliphatic carbocycles. The van der Waals surface area contributed by atoms with Crippen molar-refractivity contribution in [1.82, 2.24) is 0 Å². The van der Waals surface area contributed by atoms with Crippen LogP contribution in [0.4, 0.5) is 5.69 Å². The van der Waals surface area contributed by atoms with Crippen LogP contribution >= 0.6 is 27.7 Å². The second kappa shape index (κ2) is 5.50. The fourth-order valence-electron chi connectivity index (χ4n) is 2.17. The van der Waals surface area contributed by atoms with E-state index in [1.165, 1.54) is 0 Å². The van der Waals surface area contributed by atoms with Crippen LogP contribution in [0.1, 0.15) is 10.8 Å². The topological polar surface area (TPSA) is 38.3 Å². The van der Waals surface area contributed by atoms with Gasteiger partial charge >= 0.3 is 0 Å². The molecule has 2 aromatic rings. The van der Waals surface area contributed by atoms with E-state index in [1.54, 1.807) is 18.9 Å². The third-order valence-electron chi connectivity index (χ3n) is 3.10. The number of para-hydroxylation sites is 1. The second-order valence-corrected chi connectivity index (χ2v) is 6.43. The van der Waals surface area contributed by atoms with Crippen molar-refractivity contribution in [3.8, 4) is 5.75 Å². The monoisotopic (exact) mass is 349 g/mol. The van der Waals surface area contributed by atoms with Gasteiger partial charge in [-0.1, -0.05) is 28.1 Å². The molecule has 1 aliphatic rings. The Labute approximate surface area is 129 Å². The van der Waals surface area contributed by atoms with Crippen LogP contribution in [0.2, 0.25) is 0 Å². The van der Waals surface area contributed by atoms with E-state index in [1.807, 2.05) is 42.5 Å². The highest BCUT2D eigenvalue weighted by molar-refractivity contribution is 9.10. The fraction of sp³-hybridized carbons (Fsp3) is 0.133. The van der Waals surface area contributed by atoms with Crippen LogP contribution in [-0.2, 0) is 4.79 Å². The van der Waals surface area contributed by atoms with Crippen molar-refractivity contribution in [2.75, 3.05) is 12.4 Å². The summed E-state index contributed by atoms with van der Waals surface area (Å²) < 4.78 is 6.31. The lowest BCUT2D eigenvalue weighted by Crippen LogP contribution is -2.23. The van der Waals surface area contributed by atoms with Gasteiger partial charge in [-0.15, -0.1) is 11.8 Å². The summed E-state index contributed by atoms with van der Waals surface area (Å²) in [5.74, 6) is 0.699. The van der Waals surface area contributed by atoms with Crippen LogP contribution in [0.3, 0.4) is 0 Å². The number of nitrogens with one attached hydrogen (secondary N) is 1. The number of carbonyl (C=O) groups excluding carboxylic acids is 1. The third kappa shape index (κ3) is 2.43. The molecule has 20 heavy (non-hydrogen) atoms. The minimum Gasteiger partial charge on any atom is -0.496 e. The van der Waals surface area contributed by atoms with Gasteiger partial charge in [0.05, 0.1) is 12.8 Å². The Balaban J connectivity index is 2.03. The zero-order chi connectivity index (χ0) is 14.1. The van der Waals surface area contributed by atoms with Crippen LogP contribution in [0, 0.1) is 0 Å². The summed E-state index contributed by atoms with van der Waals surface area (Å²) in [5.41, 5.74) is 1.74. The number of amides is 1. The van der Waals surface area contributed by atoms with Gasteiger partial charge in [0.1, 0.15) is 11.0 Å². The Kier molecular flexibility index (Phi) is 3.72. The minimum atomic E-state index is -0.308. The normalized spacial score (nSPS) is 17.3. The summed E-state index contributed by atoms with van der Waals surface area (Å²) in [4.78, 5) is 13.4. The van der Waals surface area contributed by atoms with E-state index in [9.17, 15) is 4.79 Å². The molecule has 1 amide bonds. The van der Waals surface area contributed by atoms with Gasteiger partial charge in [-0.05, 0) is 30.3 Å². The van der Waals surface area contributed by atoms with Crippen LogP contribution < -0.4 is 10.1 Å². The Bertz CT molecular complexity index is 675. The lowest BCUT2D eigenvalue weighted by atomic mass is 10.1. The number of halogens is 1. The van der Waals surface area contributed by atoms with Crippen LogP contribution in [0.15, 0.2) is 51.8 Å². The first-order valence-electron chi connectivity index (χ1n) is 6.09. The molecule has 5 heteroatoms. The first-order chi connectivity index (χ1) is 9.69. The van der Waals surface area contributed by atoms with Crippen LogP contribution in [-0.4, -0.2) is 13.0 Å². The van der Waals surface area contributed by atoms with Gasteiger partial charge in [0.15, 0.2) is 0 Å². The molecule has 1 N–H and O–H groups in total. The molecule has 102 valence electrons. The minimum absolute atomic E-state index is 0.0231. The maximum Gasteiger partial charge on any atom is 0.242 e. The van der Waals surface area contributed by atoms with E-state index in [-0.39, 0.29) is 11.2 Å². The summed E-state index contributed by atoms with van der Waals surface area (Å²) >= 11 is 4.99. The predicted molar refractivity (Wildman–Crippen MR) is 84.4 cm³/mol. The summed E-state index contributed by atoms with van der Waals surface area (Å²) in [6, 6.07) is 13.5. The molecule has 1 aliphatic heterocycles. The molecule has 0 saturated heterocycles. The quantitative estimate of drug-likeness (QED) is 0.880. The van der Waals surface area contributed by atoms with Crippen molar-refractivity contribution in [1.29, 1.82) is 0 Å². The van der Waals surface area contributed by atoms with Gasteiger partial charge in [0.2, 0.25) is 5.91 Å². The highest BCUT2D eigenvalue weighted by atomic mass is 79.9. The molecular formula is C15H12BrNO2S. The largest absolute Gasteiger partial charge is 0.496 e. The maximum atomic E-state index is 12.3. The van der Waals surface area contributed by atoms with E-state index in [2.05, 4.69) is 21.2 Å². The zero-order valence-corrected chi connectivity index (χ0v) is 13.1. The van der Waals surface area contributed by atoms with Crippen LogP contribution in [0.25, 0.3) is 0 Å². The van der Waals surface area contributed by atoms with E-state index in [0.29, 0.717) is 0 Å². The first-order valence-corrected chi connectivity index (χ1v) is 7.76. The standard InChI is InChI=1S/C15H12BrNO2S/c1-19-12-7-6-9(16)8-10(12)14-15(18)17-11-4-2-3-5-13(11)20-14/h2-8,14H,1H3,(H,17,18). The van der Waals surface area contributed by atoms with Gasteiger partial charge < -0.3 is 10.1 Å². The van der Waals surface area contributed by atoms with E-state index >= 15 is 0 Å². The van der Waals surface area contributed by atoms with Gasteiger partial charge in [0.25, 0.3) is 0 Å². The number of rotatable bonds is 2. The molecule has 1 unspecified atom stereocenters. The molecule has 3 nitrogen and oxygen atoms in total. The summed E-state index contributed by atoms with van der Waals surface area (Å²) in [6.45, 7) is 0. The molecule has 0 spiro atoms. The van der Waals surface area contributed by atoms with Crippen LogP contribution in [0.5, 0.6) is 5.75 Å². The summed E-state index contributed by atoms with van der Waals surface area (Å²) in [5, 5.41) is 2.64. The number of anilines is 1. The van der Waals surface area contributed by atoms with Crippen molar-refractivity contribution in [3.05, 3.63) is 52.5 Å². The summed E-state index contributed by atoms with van der Waals surface area (Å²) in [7, 11) is 1.62. The molecule has 2 aromatic carbocycles. The summed E-state index contributed by atoms with van der Waals surface area (Å²) in [6.07, 6.45) is 0. The van der Waals surface area contributed by atoms with Crippen molar-refractivity contribution < 1.29 is 9.53 Å². The number of fused-ring (bicyclic) bond motifs is 1. The smallest absolute Gasteiger partial charge is 0.242 e. The molecule has 0 fully saturated rings. The molecular weight excluding hydrogens is 338 g/mol. The first kappa shape index (κ1) is 13.5. The van der Waals surface area contributed by atoms with E-state index in [0.717, 1.165) is 26.4 Å². The number of hydrogen-bond acceptors (Lipinski definition) is 3. The van der Waals surface area contributed by atoms with E-state index in [4.69, 9.17) is 4.74 Å². The Morgan fingerprint density at radius 3 is 2.85 bits per heavy atom. The second-order valence-electron chi connectivity index (χ2n) is 4.37. The Morgan fingerprint density at radius 1 is 1.25 bits per heavy atom. The molecule has 0 aromatic heterocycles. The Hall–Kier alpha value is -1.46. The lowest BCUT2D eigenvalue weighted by Gasteiger charge is -2.25. The number of carbonyl (C=O) groups is 1. The van der Waals surface area contributed by atoms with Crippen molar-refractivity contribution in [3.63, 3.8) is 0 Å². The molecule has 0 bridgehead atoms. The third-order valence-corrected chi connectivity index (χ3v) is 4.91. The van der Waals surface area contributed by atoms with Crippen molar-refractivity contribution in [2.24, 2.45) is 0 Å². The highest BCUT2D eigenvalue weighted by Crippen LogP contribution is 2.46. The fourth-order valence-corrected chi connectivity index (χ4v) is 3.68. The van der Waals surface area contributed by atoms with E-state index < -0.39 is 0 Å². The van der Waals surface area contributed by atoms with Gasteiger partial charge in [-0.3, -0.25) is 4.79 Å².